The summed E-state index contributed by atoms with van der Waals surface area (Å²) < 4.78 is 11.8. The molecule has 4 nitrogen and oxygen atoms in total. The van der Waals surface area contributed by atoms with Crippen LogP contribution < -0.4 is 5.73 Å². The maximum absolute atomic E-state index is 6.03. The fourth-order valence-electron chi connectivity index (χ4n) is 3.88. The van der Waals surface area contributed by atoms with Crippen molar-refractivity contribution >= 4 is 0 Å². The van der Waals surface area contributed by atoms with Gasteiger partial charge in [0.2, 0.25) is 0 Å². The van der Waals surface area contributed by atoms with E-state index >= 15 is 0 Å². The molecule has 110 valence electrons. The summed E-state index contributed by atoms with van der Waals surface area (Å²) in [6, 6.07) is 0.754. The van der Waals surface area contributed by atoms with Gasteiger partial charge in [-0.2, -0.15) is 0 Å². The highest BCUT2D eigenvalue weighted by atomic mass is 16.5. The van der Waals surface area contributed by atoms with Crippen molar-refractivity contribution in [2.75, 3.05) is 32.8 Å². The number of rotatable bonds is 4. The van der Waals surface area contributed by atoms with E-state index in [2.05, 4.69) is 4.90 Å². The van der Waals surface area contributed by atoms with Crippen LogP contribution in [0.5, 0.6) is 0 Å². The summed E-state index contributed by atoms with van der Waals surface area (Å²) in [6.45, 7) is 4.70. The number of hydrogen-bond acceptors (Lipinski definition) is 4. The predicted octanol–water partition coefficient (Wildman–Crippen LogP) is 1.53. The molecule has 1 unspecified atom stereocenters. The van der Waals surface area contributed by atoms with Crippen LogP contribution in [0.1, 0.15) is 44.9 Å². The second kappa shape index (κ2) is 6.08. The first-order chi connectivity index (χ1) is 9.31. The van der Waals surface area contributed by atoms with E-state index in [0.717, 1.165) is 12.6 Å². The van der Waals surface area contributed by atoms with E-state index in [1.165, 1.54) is 58.0 Å². The van der Waals surface area contributed by atoms with Gasteiger partial charge >= 0.3 is 0 Å². The summed E-state index contributed by atoms with van der Waals surface area (Å²) >= 11 is 0. The van der Waals surface area contributed by atoms with Gasteiger partial charge in [0.25, 0.3) is 0 Å². The SMILES string of the molecule is NCCOC1CCN(C2CCOC3(CCC3)C2)CC1. The van der Waals surface area contributed by atoms with Gasteiger partial charge in [0.05, 0.1) is 18.3 Å². The average molecular weight is 268 g/mol. The maximum Gasteiger partial charge on any atom is 0.0697 e. The van der Waals surface area contributed by atoms with Gasteiger partial charge < -0.3 is 15.2 Å². The van der Waals surface area contributed by atoms with E-state index in [4.69, 9.17) is 15.2 Å². The van der Waals surface area contributed by atoms with Gasteiger partial charge in [-0.1, -0.05) is 0 Å². The van der Waals surface area contributed by atoms with E-state index in [-0.39, 0.29) is 5.60 Å². The van der Waals surface area contributed by atoms with Crippen LogP contribution in [0.25, 0.3) is 0 Å². The summed E-state index contributed by atoms with van der Waals surface area (Å²) in [5.41, 5.74) is 5.77. The third-order valence-corrected chi connectivity index (χ3v) is 5.20. The molecular weight excluding hydrogens is 240 g/mol. The highest BCUT2D eigenvalue weighted by molar-refractivity contribution is 4.97. The van der Waals surface area contributed by atoms with Gasteiger partial charge in [0, 0.05) is 32.3 Å². The Labute approximate surface area is 116 Å². The van der Waals surface area contributed by atoms with Gasteiger partial charge in [0.15, 0.2) is 0 Å². The van der Waals surface area contributed by atoms with Crippen molar-refractivity contribution in [2.45, 2.75) is 62.7 Å². The molecule has 4 heteroatoms. The summed E-state index contributed by atoms with van der Waals surface area (Å²) in [4.78, 5) is 2.69. The zero-order chi connectivity index (χ0) is 13.1. The summed E-state index contributed by atoms with van der Waals surface area (Å²) in [5.74, 6) is 0. The fourth-order valence-corrected chi connectivity index (χ4v) is 3.88. The van der Waals surface area contributed by atoms with E-state index in [9.17, 15) is 0 Å². The van der Waals surface area contributed by atoms with Crippen LogP contribution in [0.3, 0.4) is 0 Å². The van der Waals surface area contributed by atoms with Crippen molar-refractivity contribution < 1.29 is 9.47 Å². The van der Waals surface area contributed by atoms with Gasteiger partial charge in [0.1, 0.15) is 0 Å². The van der Waals surface area contributed by atoms with Crippen LogP contribution in [0.2, 0.25) is 0 Å². The van der Waals surface area contributed by atoms with E-state index in [0.29, 0.717) is 19.3 Å². The van der Waals surface area contributed by atoms with Crippen LogP contribution in [0.4, 0.5) is 0 Å². The Hall–Kier alpha value is -0.160. The Bertz CT molecular complexity index is 286. The third kappa shape index (κ3) is 3.13. The second-order valence-corrected chi connectivity index (χ2v) is 6.43. The number of likely N-dealkylation sites (tertiary alicyclic amines) is 1. The van der Waals surface area contributed by atoms with E-state index in [1.807, 2.05) is 0 Å². The quantitative estimate of drug-likeness (QED) is 0.840. The van der Waals surface area contributed by atoms with Gasteiger partial charge in [-0.15, -0.1) is 0 Å². The minimum atomic E-state index is 0.274. The van der Waals surface area contributed by atoms with E-state index in [1.54, 1.807) is 0 Å². The number of ether oxygens (including phenoxy) is 2. The lowest BCUT2D eigenvalue weighted by atomic mass is 9.73. The summed E-state index contributed by atoms with van der Waals surface area (Å²) in [6.07, 6.45) is 9.21. The number of piperidine rings is 1. The maximum atomic E-state index is 6.03. The molecule has 1 spiro atoms. The number of hydrogen-bond donors (Lipinski definition) is 1. The monoisotopic (exact) mass is 268 g/mol. The highest BCUT2D eigenvalue weighted by Crippen LogP contribution is 2.43. The molecule has 3 rings (SSSR count). The normalized spacial score (nSPS) is 32.4. The summed E-state index contributed by atoms with van der Waals surface area (Å²) in [7, 11) is 0. The molecule has 3 fully saturated rings. The molecule has 0 aromatic heterocycles. The minimum absolute atomic E-state index is 0.274. The van der Waals surface area contributed by atoms with Crippen molar-refractivity contribution in [3.05, 3.63) is 0 Å². The van der Waals surface area contributed by atoms with Gasteiger partial charge in [-0.3, -0.25) is 4.90 Å². The van der Waals surface area contributed by atoms with Crippen molar-refractivity contribution in [3.8, 4) is 0 Å². The molecule has 0 aromatic carbocycles. The molecule has 2 aliphatic heterocycles. The molecule has 1 aliphatic carbocycles. The smallest absolute Gasteiger partial charge is 0.0697 e. The first kappa shape index (κ1) is 13.8. The molecule has 0 amide bonds. The number of nitrogens with zero attached hydrogens (tertiary/aromatic N) is 1. The Morgan fingerprint density at radius 1 is 1.21 bits per heavy atom. The molecule has 2 heterocycles. The van der Waals surface area contributed by atoms with Crippen molar-refractivity contribution in [1.82, 2.24) is 4.90 Å². The highest BCUT2D eigenvalue weighted by Gasteiger charge is 2.44. The first-order valence-electron chi connectivity index (χ1n) is 8.01. The predicted molar refractivity (Wildman–Crippen MR) is 75.2 cm³/mol. The zero-order valence-electron chi connectivity index (χ0n) is 12.0. The first-order valence-corrected chi connectivity index (χ1v) is 8.01. The van der Waals surface area contributed by atoms with Crippen LogP contribution >= 0.6 is 0 Å². The lowest BCUT2D eigenvalue weighted by Crippen LogP contribution is -2.54. The number of nitrogens with two attached hydrogens (primary N) is 1. The van der Waals surface area contributed by atoms with Gasteiger partial charge in [-0.25, -0.2) is 0 Å². The minimum Gasteiger partial charge on any atom is -0.377 e. The van der Waals surface area contributed by atoms with Crippen LogP contribution in [0, 0.1) is 0 Å². The molecule has 1 saturated carbocycles. The Balaban J connectivity index is 1.45. The molecule has 3 aliphatic rings. The Morgan fingerprint density at radius 3 is 2.63 bits per heavy atom. The molecule has 0 radical (unpaired) electrons. The van der Waals surface area contributed by atoms with Crippen LogP contribution in [-0.2, 0) is 9.47 Å². The second-order valence-electron chi connectivity index (χ2n) is 6.43. The topological polar surface area (TPSA) is 47.7 Å². The molecular formula is C15H28N2O2. The van der Waals surface area contributed by atoms with Crippen LogP contribution in [0.15, 0.2) is 0 Å². The molecule has 19 heavy (non-hydrogen) atoms. The third-order valence-electron chi connectivity index (χ3n) is 5.20. The molecule has 2 saturated heterocycles. The van der Waals surface area contributed by atoms with Crippen LogP contribution in [-0.4, -0.2) is 55.5 Å². The van der Waals surface area contributed by atoms with E-state index < -0.39 is 0 Å². The molecule has 0 bridgehead atoms. The summed E-state index contributed by atoms with van der Waals surface area (Å²) in [5, 5.41) is 0. The van der Waals surface area contributed by atoms with Crippen molar-refractivity contribution in [3.63, 3.8) is 0 Å². The Morgan fingerprint density at radius 2 is 2.00 bits per heavy atom. The standard InChI is InChI=1S/C15H28N2O2/c16-7-11-18-14-2-8-17(9-3-14)13-4-10-19-15(12-13)5-1-6-15/h13-14H,1-12,16H2. The largest absolute Gasteiger partial charge is 0.377 e. The molecule has 2 N–H and O–H groups in total. The van der Waals surface area contributed by atoms with Crippen molar-refractivity contribution in [1.29, 1.82) is 0 Å². The Kier molecular flexibility index (Phi) is 4.42. The van der Waals surface area contributed by atoms with Gasteiger partial charge in [-0.05, 0) is 44.9 Å². The lowest BCUT2D eigenvalue weighted by molar-refractivity contribution is -0.151. The zero-order valence-corrected chi connectivity index (χ0v) is 12.0. The average Bonchev–Trinajstić information content (AvgIpc) is 2.44. The molecule has 1 atom stereocenters. The molecule has 0 aromatic rings. The lowest BCUT2D eigenvalue weighted by Gasteiger charge is -2.50. The van der Waals surface area contributed by atoms with Crippen molar-refractivity contribution in [2.24, 2.45) is 5.73 Å². The fraction of sp³-hybridized carbons (Fsp3) is 1.00.